The molecule has 23 heavy (non-hydrogen) atoms. The van der Waals surface area contributed by atoms with Crippen LogP contribution >= 0.6 is 0 Å². The molecule has 0 radical (unpaired) electrons. The van der Waals surface area contributed by atoms with Gasteiger partial charge in [0.25, 0.3) is 0 Å². The predicted molar refractivity (Wildman–Crippen MR) is 84.8 cm³/mol. The largest absolute Gasteiger partial charge is 1.00 e. The Morgan fingerprint density at radius 3 is 2.17 bits per heavy atom. The van der Waals surface area contributed by atoms with Crippen molar-refractivity contribution in [2.24, 2.45) is 0 Å². The van der Waals surface area contributed by atoms with Crippen LogP contribution in [0.25, 0.3) is 16.3 Å². The maximum atomic E-state index is 2.31. The van der Waals surface area contributed by atoms with Gasteiger partial charge in [0.15, 0.2) is 0 Å². The molecule has 0 heterocycles. The molecule has 0 amide bonds. The van der Waals surface area contributed by atoms with Crippen LogP contribution in [0.3, 0.4) is 0 Å². The first-order valence-electron chi connectivity index (χ1n) is 7.26. The summed E-state index contributed by atoms with van der Waals surface area (Å²) in [6.45, 7) is 2.31. The third-order valence-electron chi connectivity index (χ3n) is 4.43. The molecule has 113 valence electrons. The number of rotatable bonds is 1. The number of halogens is 2. The van der Waals surface area contributed by atoms with Crippen LogP contribution in [0.4, 0.5) is 0 Å². The van der Waals surface area contributed by atoms with Crippen LogP contribution in [0.1, 0.15) is 27.3 Å². The number of hydrogen-bond acceptors (Lipinski definition) is 0. The molecule has 1 unspecified atom stereocenters. The van der Waals surface area contributed by atoms with Gasteiger partial charge >= 0.3 is 140 Å². The van der Waals surface area contributed by atoms with E-state index < -0.39 is 0 Å². The molecule has 0 fully saturated rings. The minimum atomic E-state index is 0. The van der Waals surface area contributed by atoms with E-state index in [9.17, 15) is 0 Å². The summed E-state index contributed by atoms with van der Waals surface area (Å²) < 4.78 is 0.648. The number of benzene rings is 3. The Labute approximate surface area is 164 Å². The van der Waals surface area contributed by atoms with E-state index in [1.807, 2.05) is 0 Å². The molecule has 1 atom stereocenters. The molecule has 0 aliphatic heterocycles. The van der Waals surface area contributed by atoms with E-state index >= 15 is 0 Å². The monoisotopic (exact) mass is 505 g/mol. The molecule has 0 bridgehead atoms. The molecule has 3 aromatic rings. The second kappa shape index (κ2) is 7.34. The maximum absolute atomic E-state index is 2.31. The maximum Gasteiger partial charge on any atom is -1.00 e. The predicted octanol–water partition coefficient (Wildman–Crippen LogP) is -0.729. The SMILES string of the molecule is CC1=C(c2cccc3ccccc23)c2ccccc2[CH]1[Hf+2].[Cl-].[Cl-]. The van der Waals surface area contributed by atoms with Crippen LogP contribution in [0.5, 0.6) is 0 Å². The van der Waals surface area contributed by atoms with Gasteiger partial charge in [-0.15, -0.1) is 0 Å². The minimum absolute atomic E-state index is 0. The van der Waals surface area contributed by atoms with Gasteiger partial charge in [-0.3, -0.25) is 0 Å². The topological polar surface area (TPSA) is 0 Å². The first-order valence-corrected chi connectivity index (χ1v) is 9.34. The van der Waals surface area contributed by atoms with Gasteiger partial charge in [0, 0.05) is 0 Å². The van der Waals surface area contributed by atoms with Crippen LogP contribution in [0, 0.1) is 0 Å². The van der Waals surface area contributed by atoms with Gasteiger partial charge in [0.05, 0.1) is 0 Å². The van der Waals surface area contributed by atoms with E-state index in [1.54, 1.807) is 5.57 Å². The number of hydrogen-bond donors (Lipinski definition) is 0. The summed E-state index contributed by atoms with van der Waals surface area (Å²) >= 11 is 1.18. The van der Waals surface area contributed by atoms with Gasteiger partial charge in [0.1, 0.15) is 0 Å². The Morgan fingerprint density at radius 2 is 1.35 bits per heavy atom. The van der Waals surface area contributed by atoms with Crippen molar-refractivity contribution in [2.75, 3.05) is 0 Å². The molecule has 0 N–H and O–H groups in total. The van der Waals surface area contributed by atoms with Crippen molar-refractivity contribution in [3.05, 3.63) is 89.0 Å². The van der Waals surface area contributed by atoms with Crippen molar-refractivity contribution in [2.45, 2.75) is 10.6 Å². The third kappa shape index (κ3) is 2.95. The van der Waals surface area contributed by atoms with Gasteiger partial charge in [-0.05, 0) is 0 Å². The van der Waals surface area contributed by atoms with E-state index in [-0.39, 0.29) is 24.8 Å². The second-order valence-electron chi connectivity index (χ2n) is 5.60. The average Bonchev–Trinajstić information content (AvgIpc) is 2.79. The quantitative estimate of drug-likeness (QED) is 0.384. The van der Waals surface area contributed by atoms with Crippen molar-refractivity contribution in [1.29, 1.82) is 0 Å². The molecule has 3 heteroatoms. The smallest absolute Gasteiger partial charge is 1.00 e. The fourth-order valence-electron chi connectivity index (χ4n) is 3.37. The van der Waals surface area contributed by atoms with Gasteiger partial charge in [-0.25, -0.2) is 0 Å². The summed E-state index contributed by atoms with van der Waals surface area (Å²) in [6.07, 6.45) is 0. The van der Waals surface area contributed by atoms with Gasteiger partial charge in [-0.1, -0.05) is 0 Å². The summed E-state index contributed by atoms with van der Waals surface area (Å²) in [4.78, 5) is 0. The third-order valence-corrected chi connectivity index (χ3v) is 7.10. The fraction of sp³-hybridized carbons (Fsp3) is 0.100. The van der Waals surface area contributed by atoms with Crippen LogP contribution in [0.15, 0.2) is 72.3 Å². The molecule has 3 aromatic carbocycles. The van der Waals surface area contributed by atoms with E-state index in [2.05, 4.69) is 73.7 Å². The normalized spacial score (nSPS) is 15.9. The number of allylic oxidation sites excluding steroid dienone is 1. The Balaban J connectivity index is 0.000000960. The molecule has 0 saturated carbocycles. The van der Waals surface area contributed by atoms with Gasteiger partial charge in [0.2, 0.25) is 0 Å². The molecule has 1 aliphatic rings. The van der Waals surface area contributed by atoms with E-state index in [1.165, 1.54) is 57.4 Å². The summed E-state index contributed by atoms with van der Waals surface area (Å²) in [5.41, 5.74) is 7.34. The molecule has 0 aromatic heterocycles. The summed E-state index contributed by atoms with van der Waals surface area (Å²) in [5, 5.41) is 2.68. The van der Waals surface area contributed by atoms with Crippen molar-refractivity contribution in [3.8, 4) is 0 Å². The molecule has 4 rings (SSSR count). The number of fused-ring (bicyclic) bond motifs is 2. The Morgan fingerprint density at radius 1 is 0.739 bits per heavy atom. The van der Waals surface area contributed by atoms with Crippen molar-refractivity contribution >= 4 is 16.3 Å². The van der Waals surface area contributed by atoms with Gasteiger partial charge < -0.3 is 24.8 Å². The zero-order valence-electron chi connectivity index (χ0n) is 12.7. The Bertz CT molecular complexity index is 878. The van der Waals surface area contributed by atoms with E-state index in [0.29, 0.717) is 3.67 Å². The Hall–Kier alpha value is -0.890. The van der Waals surface area contributed by atoms with Crippen LogP contribution in [-0.2, 0) is 24.4 Å². The van der Waals surface area contributed by atoms with Crippen molar-refractivity contribution in [1.82, 2.24) is 0 Å². The molecular weight excluding hydrogens is 490 g/mol. The molecule has 0 nitrogen and oxygen atoms in total. The van der Waals surface area contributed by atoms with Crippen LogP contribution in [0.2, 0.25) is 0 Å². The summed E-state index contributed by atoms with van der Waals surface area (Å²) in [5.74, 6) is 0. The second-order valence-corrected chi connectivity index (χ2v) is 7.68. The van der Waals surface area contributed by atoms with E-state index in [4.69, 9.17) is 0 Å². The van der Waals surface area contributed by atoms with Crippen molar-refractivity contribution in [3.63, 3.8) is 0 Å². The summed E-state index contributed by atoms with van der Waals surface area (Å²) in [6, 6.07) is 24.3. The zero-order chi connectivity index (χ0) is 14.4. The molecule has 1 aliphatic carbocycles. The van der Waals surface area contributed by atoms with Gasteiger partial charge in [-0.2, -0.15) is 0 Å². The van der Waals surface area contributed by atoms with Crippen molar-refractivity contribution < 1.29 is 49.2 Å². The summed E-state index contributed by atoms with van der Waals surface area (Å²) in [7, 11) is 0. The molecule has 0 saturated heterocycles. The average molecular weight is 505 g/mol. The fourth-order valence-corrected chi connectivity index (χ4v) is 4.79. The standard InChI is InChI=1S/C20H15.2ClH.Hf/c1-14-13-16-8-3-5-11-18(16)20(14)19-12-6-9-15-7-2-4-10-17(15)19;;;/h2-13H,1H3;2*1H;/q;;;+2/p-2. The first-order chi connectivity index (χ1) is 10.3. The minimum Gasteiger partial charge on any atom is -1.00 e. The molecular formula is C20H15Cl2Hf. The van der Waals surface area contributed by atoms with Crippen LogP contribution in [-0.4, -0.2) is 0 Å². The zero-order valence-corrected chi connectivity index (χ0v) is 17.8. The molecule has 0 spiro atoms. The van der Waals surface area contributed by atoms with E-state index in [0.717, 1.165) is 0 Å². The Kier molecular flexibility index (Phi) is 5.89. The first kappa shape index (κ1) is 18.4. The van der Waals surface area contributed by atoms with Crippen LogP contribution < -0.4 is 24.8 Å².